The summed E-state index contributed by atoms with van der Waals surface area (Å²) < 4.78 is 9.74. The van der Waals surface area contributed by atoms with Crippen LogP contribution in [0.4, 0.5) is 0 Å². The summed E-state index contributed by atoms with van der Waals surface area (Å²) >= 11 is 3.42. The Morgan fingerprint density at radius 1 is 0.648 bits per heavy atom. The molecule has 2 aliphatic carbocycles. The highest BCUT2D eigenvalue weighted by atomic mass is 79.9. The molecule has 0 spiro atoms. The molecular weight excluding hydrogens is 754 g/mol. The van der Waals surface area contributed by atoms with Gasteiger partial charge in [0.1, 0.15) is 11.5 Å². The lowest BCUT2D eigenvalue weighted by atomic mass is 10.2. The average Bonchev–Trinajstić information content (AvgIpc) is 4.14. The minimum atomic E-state index is -0.468. The molecule has 5 aromatic heterocycles. The van der Waals surface area contributed by atoms with E-state index in [0.29, 0.717) is 44.9 Å². The molecule has 2 fully saturated rings. The Morgan fingerprint density at radius 3 is 1.69 bits per heavy atom. The van der Waals surface area contributed by atoms with Crippen molar-refractivity contribution in [2.24, 2.45) is 0 Å². The third-order valence-electron chi connectivity index (χ3n) is 8.53. The number of aromatic nitrogens is 7. The van der Waals surface area contributed by atoms with E-state index >= 15 is 0 Å². The third kappa shape index (κ3) is 7.47. The molecule has 0 saturated heterocycles. The summed E-state index contributed by atoms with van der Waals surface area (Å²) in [5, 5.41) is 15.0. The number of halogens is 1. The molecule has 2 aliphatic rings. The Bertz CT molecular complexity index is 2680. The quantitative estimate of drug-likeness (QED) is 0.206. The second kappa shape index (κ2) is 14.8. The number of nitrogens with zero attached hydrogens (tertiary/aromatic N) is 7. The molecule has 0 aliphatic heterocycles. The van der Waals surface area contributed by atoms with E-state index in [1.165, 1.54) is 9.36 Å². The standard InChI is InChI=1S/C22H17N5O3.C17H13BrN4O2/c28-20-18-7-3-11-24-21(18)27(26-19(20)22(29)25-14-8-9-14)15-4-1-5-16(12-15)30-17-6-2-10-23-13-17;18-10-3-1-4-12(9-10)22-16-13(5-2-8-19-16)15(23)14(21-22)17(24)20-11-6-7-11/h1-7,10-14H,8-9H2,(H,25,29);1-5,8-9,11H,6-7H2,(H,20,24). The number of fused-ring (bicyclic) bond motifs is 2. The zero-order chi connectivity index (χ0) is 37.2. The van der Waals surface area contributed by atoms with Crippen LogP contribution in [0.25, 0.3) is 33.4 Å². The summed E-state index contributed by atoms with van der Waals surface area (Å²) in [6.07, 6.45) is 10.2. The molecule has 268 valence electrons. The Morgan fingerprint density at radius 2 is 1.17 bits per heavy atom. The van der Waals surface area contributed by atoms with Crippen molar-refractivity contribution in [3.05, 3.63) is 146 Å². The number of nitrogens with one attached hydrogen (secondary N) is 2. The van der Waals surface area contributed by atoms with Gasteiger partial charge in [0, 0.05) is 41.2 Å². The van der Waals surface area contributed by atoms with Crippen molar-refractivity contribution in [2.75, 3.05) is 0 Å². The van der Waals surface area contributed by atoms with E-state index in [1.54, 1.807) is 79.4 Å². The van der Waals surface area contributed by atoms with E-state index in [0.717, 1.165) is 30.2 Å². The van der Waals surface area contributed by atoms with Crippen LogP contribution in [0.1, 0.15) is 46.7 Å². The van der Waals surface area contributed by atoms with Crippen LogP contribution in [0.3, 0.4) is 0 Å². The maximum absolute atomic E-state index is 12.9. The van der Waals surface area contributed by atoms with Gasteiger partial charge in [-0.2, -0.15) is 10.2 Å². The maximum Gasteiger partial charge on any atom is 0.276 e. The van der Waals surface area contributed by atoms with E-state index in [9.17, 15) is 19.2 Å². The van der Waals surface area contributed by atoms with Crippen LogP contribution < -0.4 is 26.2 Å². The number of pyridine rings is 3. The summed E-state index contributed by atoms with van der Waals surface area (Å²) in [4.78, 5) is 63.1. The van der Waals surface area contributed by atoms with E-state index < -0.39 is 22.7 Å². The molecule has 9 rings (SSSR count). The molecular formula is C39H30BrN9O5. The molecule has 2 amide bonds. The van der Waals surface area contributed by atoms with Gasteiger partial charge in [-0.05, 0) is 92.4 Å². The first-order valence-corrected chi connectivity index (χ1v) is 17.9. The number of hydrogen-bond donors (Lipinski definition) is 2. The third-order valence-corrected chi connectivity index (χ3v) is 9.03. The fraction of sp³-hybridized carbons (Fsp3) is 0.154. The Kier molecular flexibility index (Phi) is 9.44. The van der Waals surface area contributed by atoms with Gasteiger partial charge in [0.05, 0.1) is 28.3 Å². The summed E-state index contributed by atoms with van der Waals surface area (Å²) in [7, 11) is 0. The number of carbonyl (C=O) groups excluding carboxylic acids is 2. The van der Waals surface area contributed by atoms with Crippen LogP contribution in [0.5, 0.6) is 11.5 Å². The molecule has 14 nitrogen and oxygen atoms in total. The molecule has 2 saturated carbocycles. The van der Waals surface area contributed by atoms with Crippen LogP contribution in [0, 0.1) is 0 Å². The molecule has 0 radical (unpaired) electrons. The molecule has 7 aromatic rings. The van der Waals surface area contributed by atoms with E-state index in [1.807, 2.05) is 30.3 Å². The highest BCUT2D eigenvalue weighted by molar-refractivity contribution is 9.10. The molecule has 15 heteroatoms. The number of hydrogen-bond acceptors (Lipinski definition) is 10. The van der Waals surface area contributed by atoms with Gasteiger partial charge in [0.15, 0.2) is 22.7 Å². The van der Waals surface area contributed by atoms with Crippen molar-refractivity contribution in [3.63, 3.8) is 0 Å². The number of carbonyl (C=O) groups is 2. The van der Waals surface area contributed by atoms with Gasteiger partial charge >= 0.3 is 0 Å². The van der Waals surface area contributed by atoms with Crippen molar-refractivity contribution >= 4 is 49.8 Å². The molecule has 54 heavy (non-hydrogen) atoms. The first-order valence-electron chi connectivity index (χ1n) is 17.1. The van der Waals surface area contributed by atoms with Gasteiger partial charge in [0.25, 0.3) is 11.8 Å². The van der Waals surface area contributed by atoms with Gasteiger partial charge < -0.3 is 15.4 Å². The smallest absolute Gasteiger partial charge is 0.276 e. The van der Waals surface area contributed by atoms with E-state index in [-0.39, 0.29) is 23.5 Å². The Labute approximate surface area is 315 Å². The molecule has 5 heterocycles. The lowest BCUT2D eigenvalue weighted by Crippen LogP contribution is -2.33. The van der Waals surface area contributed by atoms with Crippen LogP contribution in [0.2, 0.25) is 0 Å². The van der Waals surface area contributed by atoms with Gasteiger partial charge in [0.2, 0.25) is 10.9 Å². The number of amides is 2. The predicted molar refractivity (Wildman–Crippen MR) is 203 cm³/mol. The van der Waals surface area contributed by atoms with Crippen molar-refractivity contribution in [3.8, 4) is 22.9 Å². The second-order valence-corrected chi connectivity index (χ2v) is 13.6. The van der Waals surface area contributed by atoms with Crippen molar-refractivity contribution in [1.82, 2.24) is 45.1 Å². The molecule has 0 atom stereocenters. The lowest BCUT2D eigenvalue weighted by Gasteiger charge is -2.12. The minimum absolute atomic E-state index is 0.109. The van der Waals surface area contributed by atoms with Crippen LogP contribution in [-0.2, 0) is 0 Å². The number of ether oxygens (including phenoxy) is 1. The predicted octanol–water partition coefficient (Wildman–Crippen LogP) is 5.30. The largest absolute Gasteiger partial charge is 0.456 e. The first kappa shape index (κ1) is 34.5. The maximum atomic E-state index is 12.9. The summed E-state index contributed by atoms with van der Waals surface area (Å²) in [6, 6.07) is 25.1. The van der Waals surface area contributed by atoms with Crippen LogP contribution in [0.15, 0.2) is 124 Å². The van der Waals surface area contributed by atoms with Crippen molar-refractivity contribution in [1.29, 1.82) is 0 Å². The lowest BCUT2D eigenvalue weighted by molar-refractivity contribution is 0.0935. The topological polar surface area (TPSA) is 176 Å². The first-order chi connectivity index (χ1) is 26.3. The Balaban J connectivity index is 0.000000157. The molecule has 0 bridgehead atoms. The zero-order valence-corrected chi connectivity index (χ0v) is 30.0. The van der Waals surface area contributed by atoms with Gasteiger partial charge in [-0.1, -0.05) is 28.1 Å². The fourth-order valence-corrected chi connectivity index (χ4v) is 5.96. The second-order valence-electron chi connectivity index (χ2n) is 12.7. The summed E-state index contributed by atoms with van der Waals surface area (Å²) in [6.45, 7) is 0. The van der Waals surface area contributed by atoms with E-state index in [2.05, 4.69) is 51.7 Å². The van der Waals surface area contributed by atoms with Gasteiger partial charge in [-0.25, -0.2) is 19.3 Å². The molecule has 0 unspecified atom stereocenters. The normalized spacial score (nSPS) is 13.5. The van der Waals surface area contributed by atoms with E-state index in [4.69, 9.17) is 4.74 Å². The highest BCUT2D eigenvalue weighted by Crippen LogP contribution is 2.25. The summed E-state index contributed by atoms with van der Waals surface area (Å²) in [5.74, 6) is 0.255. The average molecular weight is 785 g/mol. The number of rotatable bonds is 8. The van der Waals surface area contributed by atoms with Crippen LogP contribution in [-0.4, -0.2) is 58.4 Å². The molecule has 2 N–H and O–H groups in total. The zero-order valence-electron chi connectivity index (χ0n) is 28.4. The monoisotopic (exact) mass is 783 g/mol. The Hall–Kier alpha value is -6.61. The SMILES string of the molecule is O=C(NC1CC1)c1nn(-c2cccc(Br)c2)c2ncccc2c1=O.O=C(NC1CC1)c1nn(-c2cccc(Oc3cccnc3)c2)c2ncccc2c1=O. The van der Waals surface area contributed by atoms with Gasteiger partial charge in [-0.3, -0.25) is 24.2 Å². The minimum Gasteiger partial charge on any atom is -0.456 e. The van der Waals surface area contributed by atoms with Gasteiger partial charge in [-0.15, -0.1) is 0 Å². The molecule has 2 aromatic carbocycles. The summed E-state index contributed by atoms with van der Waals surface area (Å²) in [5.41, 5.74) is 1.02. The number of benzene rings is 2. The van der Waals surface area contributed by atoms with Crippen molar-refractivity contribution in [2.45, 2.75) is 37.8 Å². The van der Waals surface area contributed by atoms with Crippen LogP contribution >= 0.6 is 15.9 Å². The van der Waals surface area contributed by atoms with Crippen molar-refractivity contribution < 1.29 is 14.3 Å². The fourth-order valence-electron chi connectivity index (χ4n) is 5.58. The highest BCUT2D eigenvalue weighted by Gasteiger charge is 2.28.